The molecule has 1 aliphatic rings. The number of methoxy groups -OCH3 is 1. The number of thioether (sulfide) groups is 1. The monoisotopic (exact) mass is 548 g/mol. The molecular formula is C25H29ClN4O4S2. The van der Waals surface area contributed by atoms with Crippen LogP contribution in [-0.2, 0) is 35.5 Å². The van der Waals surface area contributed by atoms with Gasteiger partial charge in [0.2, 0.25) is 5.91 Å². The van der Waals surface area contributed by atoms with Crippen molar-refractivity contribution in [2.24, 2.45) is 5.92 Å². The molecule has 3 aromatic rings. The summed E-state index contributed by atoms with van der Waals surface area (Å²) >= 11 is 8.99. The van der Waals surface area contributed by atoms with Gasteiger partial charge in [-0.15, -0.1) is 21.5 Å². The lowest BCUT2D eigenvalue weighted by molar-refractivity contribution is -0.113. The summed E-state index contributed by atoms with van der Waals surface area (Å²) in [6.45, 7) is 6.99. The van der Waals surface area contributed by atoms with Crippen LogP contribution in [0.15, 0.2) is 23.4 Å². The molecule has 2 aromatic heterocycles. The van der Waals surface area contributed by atoms with Gasteiger partial charge in [-0.25, -0.2) is 4.79 Å². The van der Waals surface area contributed by atoms with Gasteiger partial charge in [-0.1, -0.05) is 36.4 Å². The first kappa shape index (κ1) is 26.5. The molecule has 1 aliphatic carbocycles. The van der Waals surface area contributed by atoms with Crippen LogP contribution in [0.3, 0.4) is 0 Å². The highest BCUT2D eigenvalue weighted by Gasteiger charge is 2.29. The van der Waals surface area contributed by atoms with Crippen molar-refractivity contribution in [3.05, 3.63) is 50.6 Å². The first-order chi connectivity index (χ1) is 17.3. The number of aromatic nitrogens is 3. The number of carbonyl (C=O) groups is 2. The number of fused-ring (bicyclic) bond motifs is 1. The fraction of sp³-hybridized carbons (Fsp3) is 0.440. The van der Waals surface area contributed by atoms with Gasteiger partial charge in [-0.3, -0.25) is 4.79 Å². The summed E-state index contributed by atoms with van der Waals surface area (Å²) in [4.78, 5) is 26.5. The van der Waals surface area contributed by atoms with Gasteiger partial charge in [0.1, 0.15) is 17.4 Å². The average Bonchev–Trinajstić information content (AvgIpc) is 3.42. The van der Waals surface area contributed by atoms with Crippen LogP contribution < -0.4 is 10.1 Å². The van der Waals surface area contributed by atoms with Crippen LogP contribution >= 0.6 is 34.7 Å². The first-order valence-electron chi connectivity index (χ1n) is 11.8. The summed E-state index contributed by atoms with van der Waals surface area (Å²) in [6.07, 6.45) is 2.75. The number of nitrogens with one attached hydrogen (secondary N) is 1. The molecule has 2 heterocycles. The van der Waals surface area contributed by atoms with Crippen molar-refractivity contribution >= 4 is 51.6 Å². The fourth-order valence-electron chi connectivity index (χ4n) is 4.16. The molecule has 8 nitrogen and oxygen atoms in total. The molecular weight excluding hydrogens is 520 g/mol. The zero-order valence-corrected chi connectivity index (χ0v) is 23.1. The number of hydrogen-bond acceptors (Lipinski definition) is 8. The third kappa shape index (κ3) is 5.87. The van der Waals surface area contributed by atoms with E-state index in [2.05, 4.69) is 22.4 Å². The van der Waals surface area contributed by atoms with Gasteiger partial charge in [-0.05, 0) is 62.3 Å². The lowest BCUT2D eigenvalue weighted by Gasteiger charge is -2.18. The summed E-state index contributed by atoms with van der Waals surface area (Å²) in [7, 11) is 1.37. The second-order valence-electron chi connectivity index (χ2n) is 8.75. The Morgan fingerprint density at radius 3 is 2.89 bits per heavy atom. The average molecular weight is 549 g/mol. The van der Waals surface area contributed by atoms with Crippen LogP contribution in [0.2, 0.25) is 5.02 Å². The van der Waals surface area contributed by atoms with Gasteiger partial charge in [-0.2, -0.15) is 0 Å². The summed E-state index contributed by atoms with van der Waals surface area (Å²) in [5.74, 6) is 1.29. The van der Waals surface area contributed by atoms with Gasteiger partial charge >= 0.3 is 5.97 Å². The Labute approximate surface area is 223 Å². The molecule has 0 radical (unpaired) electrons. The van der Waals surface area contributed by atoms with Crippen molar-refractivity contribution in [3.8, 4) is 5.75 Å². The lowest BCUT2D eigenvalue weighted by atomic mass is 9.88. The quantitative estimate of drug-likeness (QED) is 0.277. The highest BCUT2D eigenvalue weighted by molar-refractivity contribution is 7.99. The third-order valence-corrected chi connectivity index (χ3v) is 8.49. The minimum atomic E-state index is -0.408. The molecule has 1 aromatic carbocycles. The Morgan fingerprint density at radius 1 is 1.33 bits per heavy atom. The highest BCUT2D eigenvalue weighted by Crippen LogP contribution is 2.40. The van der Waals surface area contributed by atoms with Crippen LogP contribution in [-0.4, -0.2) is 39.5 Å². The number of rotatable bonds is 9. The molecule has 0 saturated carbocycles. The number of carbonyl (C=O) groups excluding carboxylic acids is 2. The molecule has 0 fully saturated rings. The molecule has 0 bridgehead atoms. The molecule has 36 heavy (non-hydrogen) atoms. The van der Waals surface area contributed by atoms with Crippen LogP contribution in [0.5, 0.6) is 5.75 Å². The van der Waals surface area contributed by atoms with E-state index < -0.39 is 5.97 Å². The van der Waals surface area contributed by atoms with E-state index in [0.717, 1.165) is 35.3 Å². The van der Waals surface area contributed by atoms with Crippen molar-refractivity contribution in [1.82, 2.24) is 14.8 Å². The van der Waals surface area contributed by atoms with E-state index in [0.29, 0.717) is 44.8 Å². The van der Waals surface area contributed by atoms with E-state index in [1.165, 1.54) is 30.2 Å². The van der Waals surface area contributed by atoms with Crippen molar-refractivity contribution in [3.63, 3.8) is 0 Å². The molecule has 1 atom stereocenters. The highest BCUT2D eigenvalue weighted by atomic mass is 35.5. The molecule has 1 N–H and O–H groups in total. The van der Waals surface area contributed by atoms with Gasteiger partial charge in [0, 0.05) is 11.4 Å². The predicted molar refractivity (Wildman–Crippen MR) is 142 cm³/mol. The number of anilines is 1. The number of esters is 1. The summed E-state index contributed by atoms with van der Waals surface area (Å²) in [6, 6.07) is 5.59. The Hall–Kier alpha value is -2.56. The van der Waals surface area contributed by atoms with Gasteiger partial charge < -0.3 is 19.4 Å². The normalized spacial score (nSPS) is 14.9. The molecule has 0 spiro atoms. The number of hydrogen-bond donors (Lipinski definition) is 1. The molecule has 192 valence electrons. The summed E-state index contributed by atoms with van der Waals surface area (Å²) in [5, 5.41) is 13.1. The van der Waals surface area contributed by atoms with E-state index in [-0.39, 0.29) is 18.3 Å². The number of thiophene rings is 1. The van der Waals surface area contributed by atoms with Crippen LogP contribution in [0.4, 0.5) is 5.00 Å². The van der Waals surface area contributed by atoms with E-state index >= 15 is 0 Å². The van der Waals surface area contributed by atoms with Crippen molar-refractivity contribution < 1.29 is 19.1 Å². The Kier molecular flexibility index (Phi) is 8.58. The van der Waals surface area contributed by atoms with E-state index in [9.17, 15) is 9.59 Å². The number of ether oxygens (including phenoxy) is 2. The van der Waals surface area contributed by atoms with Gasteiger partial charge in [0.15, 0.2) is 11.0 Å². The Bertz CT molecular complexity index is 1270. The first-order valence-corrected chi connectivity index (χ1v) is 13.9. The van der Waals surface area contributed by atoms with Crippen LogP contribution in [0, 0.1) is 12.8 Å². The maximum atomic E-state index is 12.8. The largest absolute Gasteiger partial charge is 0.484 e. The number of aryl methyl sites for hydroxylation is 1. The minimum absolute atomic E-state index is 0.127. The van der Waals surface area contributed by atoms with Gasteiger partial charge in [0.05, 0.1) is 23.4 Å². The second kappa shape index (κ2) is 11.7. The van der Waals surface area contributed by atoms with E-state index in [4.69, 9.17) is 21.1 Å². The molecule has 4 rings (SSSR count). The maximum Gasteiger partial charge on any atom is 0.341 e. The summed E-state index contributed by atoms with van der Waals surface area (Å²) < 4.78 is 12.8. The van der Waals surface area contributed by atoms with Crippen molar-refractivity contribution in [2.75, 3.05) is 18.2 Å². The predicted octanol–water partition coefficient (Wildman–Crippen LogP) is 5.54. The molecule has 0 aliphatic heterocycles. The van der Waals surface area contributed by atoms with E-state index in [1.54, 1.807) is 6.07 Å². The van der Waals surface area contributed by atoms with Crippen molar-refractivity contribution in [2.45, 2.75) is 58.3 Å². The lowest BCUT2D eigenvalue weighted by Crippen LogP contribution is -2.17. The van der Waals surface area contributed by atoms with Gasteiger partial charge in [0.25, 0.3) is 0 Å². The van der Waals surface area contributed by atoms with Crippen LogP contribution in [0.25, 0.3) is 0 Å². The smallest absolute Gasteiger partial charge is 0.341 e. The SMILES string of the molecule is CCn1c(COc2cc(C)ccc2Cl)nnc1SCC(=O)Nc1sc2c(c1C(=O)OC)CCC(C)C2. The van der Waals surface area contributed by atoms with Crippen molar-refractivity contribution in [1.29, 1.82) is 0 Å². The standard InChI is InChI=1S/C25H29ClN4O4S2/c1-5-30-20(12-34-18-10-14(2)7-9-17(18)26)28-29-25(30)35-13-21(31)27-23-22(24(32)33-4)16-8-6-15(3)11-19(16)36-23/h7,9-10,15H,5-6,8,11-13H2,1-4H3,(H,27,31). The van der Waals surface area contributed by atoms with Crippen LogP contribution in [0.1, 0.15) is 52.5 Å². The number of halogens is 1. The zero-order valence-electron chi connectivity index (χ0n) is 20.7. The number of amides is 1. The summed E-state index contributed by atoms with van der Waals surface area (Å²) in [5.41, 5.74) is 2.55. The fourth-order valence-corrected chi connectivity index (χ4v) is 6.57. The second-order valence-corrected chi connectivity index (χ2v) is 11.2. The molecule has 1 amide bonds. The van der Waals surface area contributed by atoms with E-state index in [1.807, 2.05) is 30.5 Å². The minimum Gasteiger partial charge on any atom is -0.484 e. The topological polar surface area (TPSA) is 95.3 Å². The molecule has 0 saturated heterocycles. The molecule has 11 heteroatoms. The molecule has 1 unspecified atom stereocenters. The zero-order chi connectivity index (χ0) is 25.8. The Morgan fingerprint density at radius 2 is 2.14 bits per heavy atom. The number of nitrogens with zero attached hydrogens (tertiary/aromatic N) is 3. The Balaban J connectivity index is 1.41. The third-order valence-electron chi connectivity index (χ3n) is 6.04. The maximum absolute atomic E-state index is 12.8. The number of benzene rings is 1.